The molecule has 82 valence electrons. The van der Waals surface area contributed by atoms with Crippen LogP contribution in [0.5, 0.6) is 0 Å². The predicted molar refractivity (Wildman–Crippen MR) is 59.4 cm³/mol. The van der Waals surface area contributed by atoms with E-state index in [1.165, 1.54) is 0 Å². The smallest absolute Gasteiger partial charge is 0.252 e. The number of aryl methyl sites for hydroxylation is 2. The van der Waals surface area contributed by atoms with Gasteiger partial charge in [-0.05, 0) is 26.0 Å². The van der Waals surface area contributed by atoms with E-state index in [1.54, 1.807) is 17.8 Å². The van der Waals surface area contributed by atoms with Crippen LogP contribution in [0.15, 0.2) is 24.4 Å². The van der Waals surface area contributed by atoms with Gasteiger partial charge in [0, 0.05) is 11.9 Å². The number of nitrogens with two attached hydrogens (primary N) is 1. The summed E-state index contributed by atoms with van der Waals surface area (Å²) in [6, 6.07) is 5.61. The van der Waals surface area contributed by atoms with Gasteiger partial charge >= 0.3 is 0 Å². The molecule has 0 atom stereocenters. The number of carbonyl (C=O) groups excluding carboxylic acids is 1. The molecule has 0 aliphatic heterocycles. The maximum Gasteiger partial charge on any atom is 0.252 e. The third-order valence-corrected chi connectivity index (χ3v) is 2.27. The van der Waals surface area contributed by atoms with E-state index in [9.17, 15) is 4.79 Å². The molecule has 5 nitrogen and oxygen atoms in total. The van der Waals surface area contributed by atoms with Crippen molar-refractivity contribution in [2.75, 3.05) is 0 Å². The summed E-state index contributed by atoms with van der Waals surface area (Å²) in [5.41, 5.74) is 7.14. The minimum Gasteiger partial charge on any atom is -0.365 e. The van der Waals surface area contributed by atoms with Gasteiger partial charge in [-0.15, -0.1) is 0 Å². The molecule has 0 radical (unpaired) electrons. The summed E-state index contributed by atoms with van der Waals surface area (Å²) in [4.78, 5) is 15.4. The fourth-order valence-electron chi connectivity index (χ4n) is 1.48. The molecule has 0 bridgehead atoms. The van der Waals surface area contributed by atoms with E-state index >= 15 is 0 Å². The molecule has 0 saturated carbocycles. The van der Waals surface area contributed by atoms with Gasteiger partial charge in [0.2, 0.25) is 0 Å². The summed E-state index contributed by atoms with van der Waals surface area (Å²) < 4.78 is 1.56. The van der Waals surface area contributed by atoms with E-state index in [0.717, 1.165) is 5.69 Å². The lowest BCUT2D eigenvalue weighted by atomic mass is 10.2. The van der Waals surface area contributed by atoms with Gasteiger partial charge in [-0.2, -0.15) is 5.10 Å². The molecular weight excluding hydrogens is 204 g/mol. The van der Waals surface area contributed by atoms with Crippen molar-refractivity contribution in [3.63, 3.8) is 0 Å². The molecule has 2 aromatic heterocycles. The highest BCUT2D eigenvalue weighted by Gasteiger charge is 2.11. The molecule has 0 fully saturated rings. The summed E-state index contributed by atoms with van der Waals surface area (Å²) >= 11 is 0. The van der Waals surface area contributed by atoms with Crippen LogP contribution in [0.3, 0.4) is 0 Å². The third kappa shape index (κ3) is 1.79. The number of pyridine rings is 1. The number of nitrogens with zero attached hydrogens (tertiary/aromatic N) is 3. The Labute approximate surface area is 92.9 Å². The normalized spacial score (nSPS) is 10.4. The molecule has 0 spiro atoms. The van der Waals surface area contributed by atoms with Crippen LogP contribution in [0.1, 0.15) is 21.7 Å². The largest absolute Gasteiger partial charge is 0.365 e. The number of hydrogen-bond acceptors (Lipinski definition) is 3. The van der Waals surface area contributed by atoms with Gasteiger partial charge < -0.3 is 5.73 Å². The van der Waals surface area contributed by atoms with Gasteiger partial charge in [0.1, 0.15) is 0 Å². The third-order valence-electron chi connectivity index (χ3n) is 2.27. The maximum atomic E-state index is 11.1. The van der Waals surface area contributed by atoms with Crippen molar-refractivity contribution in [2.45, 2.75) is 13.8 Å². The predicted octanol–water partition coefficient (Wildman–Crippen LogP) is 0.983. The zero-order valence-electron chi connectivity index (χ0n) is 9.14. The monoisotopic (exact) mass is 216 g/mol. The number of amides is 1. The molecule has 0 aliphatic rings. The fourth-order valence-corrected chi connectivity index (χ4v) is 1.48. The molecule has 0 unspecified atom stereocenters. The van der Waals surface area contributed by atoms with Gasteiger partial charge in [-0.3, -0.25) is 4.79 Å². The zero-order chi connectivity index (χ0) is 11.7. The Morgan fingerprint density at radius 2 is 2.12 bits per heavy atom. The van der Waals surface area contributed by atoms with Crippen molar-refractivity contribution in [1.29, 1.82) is 0 Å². The minimum atomic E-state index is -0.476. The molecule has 16 heavy (non-hydrogen) atoms. The van der Waals surface area contributed by atoms with Gasteiger partial charge in [-0.25, -0.2) is 9.67 Å². The fraction of sp³-hybridized carbons (Fsp3) is 0.182. The van der Waals surface area contributed by atoms with Crippen LogP contribution in [0.25, 0.3) is 5.82 Å². The van der Waals surface area contributed by atoms with Crippen molar-refractivity contribution in [3.8, 4) is 5.82 Å². The van der Waals surface area contributed by atoms with Crippen LogP contribution in [-0.4, -0.2) is 20.7 Å². The molecule has 2 heterocycles. The van der Waals surface area contributed by atoms with Crippen LogP contribution in [0.2, 0.25) is 0 Å². The van der Waals surface area contributed by atoms with Crippen LogP contribution in [-0.2, 0) is 0 Å². The van der Waals surface area contributed by atoms with E-state index < -0.39 is 5.91 Å². The lowest BCUT2D eigenvalue weighted by Gasteiger charge is -2.00. The van der Waals surface area contributed by atoms with Crippen LogP contribution >= 0.6 is 0 Å². The first-order chi connectivity index (χ1) is 7.58. The Bertz CT molecular complexity index is 545. The molecule has 5 heteroatoms. The van der Waals surface area contributed by atoms with Crippen LogP contribution in [0.4, 0.5) is 0 Å². The Morgan fingerprint density at radius 1 is 1.38 bits per heavy atom. The summed E-state index contributed by atoms with van der Waals surface area (Å²) in [6.45, 7) is 3.64. The molecular formula is C11H12N4O. The van der Waals surface area contributed by atoms with Gasteiger partial charge in [0.05, 0.1) is 11.3 Å². The lowest BCUT2D eigenvalue weighted by Crippen LogP contribution is -2.11. The van der Waals surface area contributed by atoms with Gasteiger partial charge in [0.15, 0.2) is 5.82 Å². The first-order valence-corrected chi connectivity index (χ1v) is 4.88. The number of carbonyl (C=O) groups is 1. The van der Waals surface area contributed by atoms with E-state index in [4.69, 9.17) is 5.73 Å². The average molecular weight is 216 g/mol. The van der Waals surface area contributed by atoms with Crippen molar-refractivity contribution >= 4 is 5.91 Å². The Kier molecular flexibility index (Phi) is 2.44. The molecule has 1 amide bonds. The number of hydrogen-bond donors (Lipinski definition) is 1. The summed E-state index contributed by atoms with van der Waals surface area (Å²) in [5.74, 6) is 0.201. The summed E-state index contributed by atoms with van der Waals surface area (Å²) in [6.07, 6.45) is 1.60. The standard InChI is InChI=1S/C11H12N4O/c1-7-4-3-5-10(13-7)15-6-9(11(12)16)8(2)14-15/h3-6H,1-2H3,(H2,12,16). The minimum absolute atomic E-state index is 0.420. The van der Waals surface area contributed by atoms with E-state index in [-0.39, 0.29) is 0 Å². The molecule has 2 rings (SSSR count). The quantitative estimate of drug-likeness (QED) is 0.813. The van der Waals surface area contributed by atoms with Crippen molar-refractivity contribution < 1.29 is 4.79 Å². The second kappa shape index (κ2) is 3.77. The first-order valence-electron chi connectivity index (χ1n) is 4.88. The van der Waals surface area contributed by atoms with Crippen LogP contribution < -0.4 is 5.73 Å². The van der Waals surface area contributed by atoms with E-state index in [2.05, 4.69) is 10.1 Å². The Balaban J connectivity index is 2.49. The average Bonchev–Trinajstić information content (AvgIpc) is 2.60. The van der Waals surface area contributed by atoms with Gasteiger partial charge in [0.25, 0.3) is 5.91 Å². The molecule has 2 aromatic rings. The van der Waals surface area contributed by atoms with E-state index in [1.807, 2.05) is 25.1 Å². The first kappa shape index (κ1) is 10.4. The van der Waals surface area contributed by atoms with Crippen molar-refractivity contribution in [2.24, 2.45) is 5.73 Å². The molecule has 0 aliphatic carbocycles. The second-order valence-electron chi connectivity index (χ2n) is 3.57. The highest BCUT2D eigenvalue weighted by molar-refractivity contribution is 5.93. The van der Waals surface area contributed by atoms with Crippen molar-refractivity contribution in [1.82, 2.24) is 14.8 Å². The highest BCUT2D eigenvalue weighted by atomic mass is 16.1. The number of primary amides is 1. The summed E-state index contributed by atoms with van der Waals surface area (Å²) in [5, 5.41) is 4.20. The lowest BCUT2D eigenvalue weighted by molar-refractivity contribution is 0.0999. The highest BCUT2D eigenvalue weighted by Crippen LogP contribution is 2.09. The number of rotatable bonds is 2. The zero-order valence-corrected chi connectivity index (χ0v) is 9.14. The topological polar surface area (TPSA) is 73.8 Å². The molecule has 0 saturated heterocycles. The van der Waals surface area contributed by atoms with Crippen molar-refractivity contribution in [3.05, 3.63) is 41.3 Å². The molecule has 2 N–H and O–H groups in total. The number of aromatic nitrogens is 3. The van der Waals surface area contributed by atoms with E-state index in [0.29, 0.717) is 17.1 Å². The Morgan fingerprint density at radius 3 is 2.69 bits per heavy atom. The van der Waals surface area contributed by atoms with Gasteiger partial charge in [-0.1, -0.05) is 6.07 Å². The molecule has 0 aromatic carbocycles. The SMILES string of the molecule is Cc1cccc(-n2cc(C(N)=O)c(C)n2)n1. The summed E-state index contributed by atoms with van der Waals surface area (Å²) in [7, 11) is 0. The van der Waals surface area contributed by atoms with Crippen LogP contribution in [0, 0.1) is 13.8 Å². The maximum absolute atomic E-state index is 11.1. The second-order valence-corrected chi connectivity index (χ2v) is 3.57. The Hall–Kier alpha value is -2.17.